The van der Waals surface area contributed by atoms with E-state index in [1.165, 1.54) is 0 Å². The quantitative estimate of drug-likeness (QED) is 0.808. The van der Waals surface area contributed by atoms with Gasteiger partial charge in [-0.05, 0) is 45.0 Å². The molecule has 2 N–H and O–H groups in total. The van der Waals surface area contributed by atoms with Crippen molar-refractivity contribution in [1.82, 2.24) is 10.6 Å². The van der Waals surface area contributed by atoms with Gasteiger partial charge in [0.2, 0.25) is 5.67 Å². The summed E-state index contributed by atoms with van der Waals surface area (Å²) in [5.74, 6) is 0.728. The van der Waals surface area contributed by atoms with E-state index in [9.17, 15) is 9.18 Å². The second-order valence-electron chi connectivity index (χ2n) is 5.66. The first-order chi connectivity index (χ1) is 11.0. The van der Waals surface area contributed by atoms with Crippen LogP contribution >= 0.6 is 0 Å². The number of hydrogen-bond donors (Lipinski definition) is 2. The average molecular weight is 324 g/mol. The van der Waals surface area contributed by atoms with Gasteiger partial charge in [-0.2, -0.15) is 0 Å². The number of carbonyl (C=O) groups is 1. The summed E-state index contributed by atoms with van der Waals surface area (Å²) in [5, 5.41) is 5.63. The van der Waals surface area contributed by atoms with Gasteiger partial charge >= 0.3 is 0 Å². The van der Waals surface area contributed by atoms with Gasteiger partial charge in [-0.25, -0.2) is 4.39 Å². The number of ether oxygens (including phenoxy) is 2. The van der Waals surface area contributed by atoms with Crippen LogP contribution in [0.5, 0.6) is 11.5 Å². The van der Waals surface area contributed by atoms with Crippen LogP contribution in [0.2, 0.25) is 0 Å². The zero-order chi connectivity index (χ0) is 16.9. The number of benzene rings is 1. The molecule has 1 aliphatic rings. The van der Waals surface area contributed by atoms with E-state index in [4.69, 9.17) is 9.47 Å². The lowest BCUT2D eigenvalue weighted by molar-refractivity contribution is -0.132. The Labute approximate surface area is 136 Å². The molecule has 0 spiro atoms. The summed E-state index contributed by atoms with van der Waals surface area (Å²) in [6.07, 6.45) is 0.207. The Kier molecular flexibility index (Phi) is 5.82. The second kappa shape index (κ2) is 7.64. The minimum absolute atomic E-state index is 0.0685. The Morgan fingerprint density at radius 3 is 2.65 bits per heavy atom. The lowest BCUT2D eigenvalue weighted by Gasteiger charge is -2.22. The first-order valence-electron chi connectivity index (χ1n) is 8.10. The molecule has 0 aliphatic carbocycles. The maximum atomic E-state index is 14.4. The highest BCUT2D eigenvalue weighted by atomic mass is 19.1. The van der Waals surface area contributed by atoms with Gasteiger partial charge in [-0.3, -0.25) is 4.79 Å². The lowest BCUT2D eigenvalue weighted by Crippen LogP contribution is -2.45. The van der Waals surface area contributed by atoms with Gasteiger partial charge in [0.05, 0.1) is 19.3 Å². The summed E-state index contributed by atoms with van der Waals surface area (Å²) in [4.78, 5) is 12.1. The molecule has 1 fully saturated rings. The Morgan fingerprint density at radius 2 is 2.04 bits per heavy atom. The van der Waals surface area contributed by atoms with E-state index in [0.29, 0.717) is 31.3 Å². The van der Waals surface area contributed by atoms with Crippen LogP contribution in [0, 0.1) is 0 Å². The van der Waals surface area contributed by atoms with Crippen molar-refractivity contribution in [2.75, 3.05) is 26.3 Å². The smallest absolute Gasteiger partial charge is 0.259 e. The number of halogens is 1. The molecular weight excluding hydrogens is 299 g/mol. The van der Waals surface area contributed by atoms with E-state index in [2.05, 4.69) is 10.6 Å². The van der Waals surface area contributed by atoms with Crippen molar-refractivity contribution < 1.29 is 18.7 Å². The molecule has 1 aliphatic heterocycles. The monoisotopic (exact) mass is 324 g/mol. The Hall–Kier alpha value is -1.82. The molecular formula is C17H25FN2O3. The van der Waals surface area contributed by atoms with E-state index in [-0.39, 0.29) is 19.0 Å². The zero-order valence-corrected chi connectivity index (χ0v) is 13.9. The van der Waals surface area contributed by atoms with E-state index in [0.717, 1.165) is 5.56 Å². The van der Waals surface area contributed by atoms with Crippen LogP contribution in [0.15, 0.2) is 18.2 Å². The van der Waals surface area contributed by atoms with Gasteiger partial charge < -0.3 is 20.1 Å². The Bertz CT molecular complexity index is 545. The summed E-state index contributed by atoms with van der Waals surface area (Å²) >= 11 is 0. The number of alkyl halides is 1. The largest absolute Gasteiger partial charge is 0.490 e. The van der Waals surface area contributed by atoms with Crippen molar-refractivity contribution in [1.29, 1.82) is 0 Å². The number of rotatable bonds is 7. The average Bonchev–Trinajstić information content (AvgIpc) is 2.97. The van der Waals surface area contributed by atoms with Crippen molar-refractivity contribution in [2.24, 2.45) is 0 Å². The standard InChI is InChI=1S/C17H25FN2O3/c1-4-22-14-7-6-13(10-15(14)23-5-2)12(3)20-16(21)17(18)8-9-19-11-17/h6-7,10,12,19H,4-5,8-9,11H2,1-3H3,(H,20,21)/t12-,17-/m1/s1. The van der Waals surface area contributed by atoms with Crippen LogP contribution < -0.4 is 20.1 Å². The first kappa shape index (κ1) is 17.5. The predicted octanol–water partition coefficient (Wildman–Crippen LogP) is 2.36. The molecule has 0 aromatic heterocycles. The van der Waals surface area contributed by atoms with E-state index in [1.807, 2.05) is 39.0 Å². The molecule has 1 amide bonds. The van der Waals surface area contributed by atoms with Gasteiger partial charge in [-0.1, -0.05) is 6.07 Å². The number of hydrogen-bond acceptors (Lipinski definition) is 4. The second-order valence-corrected chi connectivity index (χ2v) is 5.66. The summed E-state index contributed by atoms with van der Waals surface area (Å²) in [5.41, 5.74) is -0.970. The fraction of sp³-hybridized carbons (Fsp3) is 0.588. The molecule has 0 unspecified atom stereocenters. The summed E-state index contributed by atoms with van der Waals surface area (Å²) in [6.45, 7) is 7.28. The fourth-order valence-corrected chi connectivity index (χ4v) is 2.60. The van der Waals surface area contributed by atoms with Crippen LogP contribution in [0.25, 0.3) is 0 Å². The summed E-state index contributed by atoms with van der Waals surface area (Å²) in [6, 6.07) is 5.19. The van der Waals surface area contributed by atoms with Crippen molar-refractivity contribution in [2.45, 2.75) is 38.9 Å². The van der Waals surface area contributed by atoms with Crippen LogP contribution in [-0.4, -0.2) is 37.9 Å². The van der Waals surface area contributed by atoms with Crippen LogP contribution in [0.1, 0.15) is 38.8 Å². The minimum atomic E-state index is -1.82. The highest BCUT2D eigenvalue weighted by molar-refractivity contribution is 5.86. The molecule has 6 heteroatoms. The maximum absolute atomic E-state index is 14.4. The topological polar surface area (TPSA) is 59.6 Å². The molecule has 128 valence electrons. The first-order valence-corrected chi connectivity index (χ1v) is 8.10. The Balaban J connectivity index is 2.10. The van der Waals surface area contributed by atoms with Crippen molar-refractivity contribution in [3.8, 4) is 11.5 Å². The summed E-state index contributed by atoms with van der Waals surface area (Å²) < 4.78 is 25.5. The normalized spacial score (nSPS) is 21.7. The molecule has 5 nitrogen and oxygen atoms in total. The lowest BCUT2D eigenvalue weighted by atomic mass is 10.0. The van der Waals surface area contributed by atoms with Gasteiger partial charge in [0, 0.05) is 13.0 Å². The molecule has 1 aromatic rings. The predicted molar refractivity (Wildman–Crippen MR) is 86.7 cm³/mol. The van der Waals surface area contributed by atoms with Crippen LogP contribution in [-0.2, 0) is 4.79 Å². The molecule has 0 radical (unpaired) electrons. The Morgan fingerprint density at radius 1 is 1.35 bits per heavy atom. The number of amides is 1. The summed E-state index contributed by atoms with van der Waals surface area (Å²) in [7, 11) is 0. The molecule has 2 atom stereocenters. The molecule has 1 saturated heterocycles. The number of nitrogens with one attached hydrogen (secondary N) is 2. The number of carbonyl (C=O) groups excluding carboxylic acids is 1. The molecule has 0 bridgehead atoms. The van der Waals surface area contributed by atoms with Gasteiger partial charge in [0.25, 0.3) is 5.91 Å². The molecule has 1 heterocycles. The van der Waals surface area contributed by atoms with Crippen LogP contribution in [0.4, 0.5) is 4.39 Å². The van der Waals surface area contributed by atoms with E-state index in [1.54, 1.807) is 0 Å². The third kappa shape index (κ3) is 4.13. The highest BCUT2D eigenvalue weighted by Crippen LogP contribution is 2.31. The van der Waals surface area contributed by atoms with Crippen molar-refractivity contribution in [3.63, 3.8) is 0 Å². The third-order valence-corrected chi connectivity index (χ3v) is 3.93. The third-order valence-electron chi connectivity index (χ3n) is 3.93. The minimum Gasteiger partial charge on any atom is -0.490 e. The molecule has 23 heavy (non-hydrogen) atoms. The fourth-order valence-electron chi connectivity index (χ4n) is 2.60. The molecule has 0 saturated carbocycles. The van der Waals surface area contributed by atoms with E-state index >= 15 is 0 Å². The van der Waals surface area contributed by atoms with Gasteiger partial charge in [0.15, 0.2) is 11.5 Å². The highest BCUT2D eigenvalue weighted by Gasteiger charge is 2.41. The SMILES string of the molecule is CCOc1ccc([C@@H](C)NC(=O)[C@@]2(F)CCNC2)cc1OCC. The zero-order valence-electron chi connectivity index (χ0n) is 13.9. The van der Waals surface area contributed by atoms with Crippen LogP contribution in [0.3, 0.4) is 0 Å². The van der Waals surface area contributed by atoms with Gasteiger partial charge in [-0.15, -0.1) is 0 Å². The van der Waals surface area contributed by atoms with Crippen molar-refractivity contribution >= 4 is 5.91 Å². The van der Waals surface area contributed by atoms with Gasteiger partial charge in [0.1, 0.15) is 0 Å². The van der Waals surface area contributed by atoms with E-state index < -0.39 is 11.6 Å². The maximum Gasteiger partial charge on any atom is 0.259 e. The molecule has 1 aromatic carbocycles. The molecule has 2 rings (SSSR count). The van der Waals surface area contributed by atoms with Crippen molar-refractivity contribution in [3.05, 3.63) is 23.8 Å².